The van der Waals surface area contributed by atoms with Crippen molar-refractivity contribution in [1.82, 2.24) is 15.1 Å². The van der Waals surface area contributed by atoms with Gasteiger partial charge in [0.25, 0.3) is 11.8 Å². The monoisotopic (exact) mass is 533 g/mol. The maximum Gasteiger partial charge on any atom is 0.266 e. The third-order valence-electron chi connectivity index (χ3n) is 5.14. The molecular weight excluding hydrogens is 509 g/mol. The zero-order valence-electron chi connectivity index (χ0n) is 19.7. The molecule has 3 aromatic rings. The van der Waals surface area contributed by atoms with Crippen molar-refractivity contribution in [2.75, 3.05) is 25.5 Å². The van der Waals surface area contributed by atoms with Gasteiger partial charge in [-0.2, -0.15) is 0 Å². The Hall–Kier alpha value is -3.01. The molecule has 184 valence electrons. The highest BCUT2D eigenvalue weighted by molar-refractivity contribution is 7.13. The van der Waals surface area contributed by atoms with Gasteiger partial charge in [-0.25, -0.2) is 0 Å². The van der Waals surface area contributed by atoms with Crippen LogP contribution in [0.1, 0.15) is 39.9 Å². The van der Waals surface area contributed by atoms with Gasteiger partial charge in [-0.15, -0.1) is 10.2 Å². The highest BCUT2D eigenvalue weighted by Crippen LogP contribution is 2.27. The second-order valence-electron chi connectivity index (χ2n) is 8.08. The Morgan fingerprint density at radius 1 is 1.14 bits per heavy atom. The number of nitrogens with zero attached hydrogens (tertiary/aromatic N) is 4. The van der Waals surface area contributed by atoms with Crippen LogP contribution in [0.2, 0.25) is 10.0 Å². The molecule has 1 N–H and O–H groups in total. The molecule has 1 heterocycles. The van der Waals surface area contributed by atoms with Gasteiger partial charge in [-0.05, 0) is 43.7 Å². The van der Waals surface area contributed by atoms with Crippen molar-refractivity contribution in [3.8, 4) is 0 Å². The van der Waals surface area contributed by atoms with Gasteiger partial charge in [0.2, 0.25) is 5.13 Å². The lowest BCUT2D eigenvalue weighted by molar-refractivity contribution is -0.120. The highest BCUT2D eigenvalue weighted by Gasteiger charge is 2.21. The van der Waals surface area contributed by atoms with Gasteiger partial charge < -0.3 is 9.74 Å². The minimum atomic E-state index is -0.424. The Balaban J connectivity index is 1.78. The van der Waals surface area contributed by atoms with Crippen molar-refractivity contribution in [3.05, 3.63) is 74.2 Å². The summed E-state index contributed by atoms with van der Waals surface area (Å²) >= 11 is 13.5. The molecule has 0 saturated heterocycles. The number of hydrogen-bond acceptors (Lipinski definition) is 7. The summed E-state index contributed by atoms with van der Waals surface area (Å²) in [5.41, 5.74) is 5.48. The predicted molar refractivity (Wildman–Crippen MR) is 140 cm³/mol. The molecule has 2 aromatic carbocycles. The van der Waals surface area contributed by atoms with Crippen LogP contribution >= 0.6 is 34.5 Å². The van der Waals surface area contributed by atoms with Gasteiger partial charge in [0.15, 0.2) is 6.61 Å². The molecule has 3 rings (SSSR count). The topological polar surface area (TPSA) is 96.8 Å². The molecule has 0 radical (unpaired) electrons. The van der Waals surface area contributed by atoms with Crippen LogP contribution in [0.4, 0.5) is 5.13 Å². The SMILES string of the molecule is Cc1cc(C)cc(C(=O)N(C)C/C(=N/OCC(=O)Nc2nncs2)C(C)c2ccc(Cl)c(Cl)c2)c1. The average Bonchev–Trinajstić information content (AvgIpc) is 3.31. The number of carbonyl (C=O) groups excluding carboxylic acids is 2. The second-order valence-corrected chi connectivity index (χ2v) is 9.73. The maximum atomic E-state index is 13.1. The van der Waals surface area contributed by atoms with E-state index >= 15 is 0 Å². The van der Waals surface area contributed by atoms with Crippen molar-refractivity contribution in [2.24, 2.45) is 5.16 Å². The molecule has 11 heteroatoms. The maximum absolute atomic E-state index is 13.1. The van der Waals surface area contributed by atoms with E-state index in [0.29, 0.717) is 26.5 Å². The summed E-state index contributed by atoms with van der Waals surface area (Å²) < 4.78 is 0. The molecule has 0 spiro atoms. The Bertz CT molecular complexity index is 1210. The van der Waals surface area contributed by atoms with Crippen molar-refractivity contribution in [3.63, 3.8) is 0 Å². The van der Waals surface area contributed by atoms with Gasteiger partial charge in [-0.1, -0.05) is 69.9 Å². The molecular formula is C24H25Cl2N5O3S. The van der Waals surface area contributed by atoms with Crippen molar-refractivity contribution < 1.29 is 14.4 Å². The van der Waals surface area contributed by atoms with Gasteiger partial charge in [0, 0.05) is 18.5 Å². The normalized spacial score (nSPS) is 12.2. The van der Waals surface area contributed by atoms with Crippen LogP contribution in [0.5, 0.6) is 0 Å². The van der Waals surface area contributed by atoms with E-state index in [1.54, 1.807) is 24.1 Å². The molecule has 0 aliphatic heterocycles. The first-order valence-electron chi connectivity index (χ1n) is 10.7. The lowest BCUT2D eigenvalue weighted by Gasteiger charge is -2.22. The molecule has 0 fully saturated rings. The molecule has 35 heavy (non-hydrogen) atoms. The van der Waals surface area contributed by atoms with Crippen LogP contribution in [-0.2, 0) is 9.63 Å². The first-order valence-corrected chi connectivity index (χ1v) is 12.3. The minimum Gasteiger partial charge on any atom is -0.386 e. The fraction of sp³-hybridized carbons (Fsp3) is 0.292. The number of benzene rings is 2. The Morgan fingerprint density at radius 2 is 1.86 bits per heavy atom. The number of anilines is 1. The fourth-order valence-corrected chi connectivity index (χ4v) is 4.18. The quantitative estimate of drug-likeness (QED) is 0.295. The molecule has 1 aromatic heterocycles. The van der Waals surface area contributed by atoms with Crippen LogP contribution < -0.4 is 5.32 Å². The van der Waals surface area contributed by atoms with E-state index in [9.17, 15) is 9.59 Å². The lowest BCUT2D eigenvalue weighted by Crippen LogP contribution is -2.34. The summed E-state index contributed by atoms with van der Waals surface area (Å²) in [5, 5.41) is 15.4. The van der Waals surface area contributed by atoms with Crippen LogP contribution in [0.15, 0.2) is 47.1 Å². The number of oxime groups is 1. The van der Waals surface area contributed by atoms with E-state index in [2.05, 4.69) is 20.7 Å². The van der Waals surface area contributed by atoms with Crippen LogP contribution in [0.25, 0.3) is 0 Å². The van der Waals surface area contributed by atoms with Crippen molar-refractivity contribution in [1.29, 1.82) is 0 Å². The smallest absolute Gasteiger partial charge is 0.266 e. The van der Waals surface area contributed by atoms with E-state index < -0.39 is 5.91 Å². The van der Waals surface area contributed by atoms with E-state index in [-0.39, 0.29) is 25.0 Å². The van der Waals surface area contributed by atoms with Gasteiger partial charge in [-0.3, -0.25) is 14.9 Å². The highest BCUT2D eigenvalue weighted by atomic mass is 35.5. The largest absolute Gasteiger partial charge is 0.386 e. The number of rotatable bonds is 9. The first kappa shape index (κ1) is 26.6. The third kappa shape index (κ3) is 7.48. The Morgan fingerprint density at radius 3 is 2.49 bits per heavy atom. The number of amides is 2. The minimum absolute atomic E-state index is 0.153. The number of hydrogen-bond donors (Lipinski definition) is 1. The van der Waals surface area contributed by atoms with E-state index in [0.717, 1.165) is 16.7 Å². The Kier molecular flexibility index (Phi) is 9.20. The van der Waals surface area contributed by atoms with Gasteiger partial charge >= 0.3 is 0 Å². The molecule has 2 amide bonds. The summed E-state index contributed by atoms with van der Waals surface area (Å²) in [7, 11) is 1.69. The van der Waals surface area contributed by atoms with Gasteiger partial charge in [0.1, 0.15) is 5.51 Å². The van der Waals surface area contributed by atoms with Crippen LogP contribution in [0.3, 0.4) is 0 Å². The molecule has 0 aliphatic carbocycles. The van der Waals surface area contributed by atoms with Crippen molar-refractivity contribution in [2.45, 2.75) is 26.7 Å². The molecule has 0 bridgehead atoms. The van der Waals surface area contributed by atoms with Crippen LogP contribution in [0, 0.1) is 13.8 Å². The average molecular weight is 534 g/mol. The number of carbonyl (C=O) groups is 2. The number of nitrogens with one attached hydrogen (secondary N) is 1. The zero-order chi connectivity index (χ0) is 25.5. The lowest BCUT2D eigenvalue weighted by atomic mass is 9.95. The van der Waals surface area contributed by atoms with E-state index in [1.165, 1.54) is 16.8 Å². The summed E-state index contributed by atoms with van der Waals surface area (Å²) in [6, 6.07) is 11.0. The van der Waals surface area contributed by atoms with E-state index in [4.69, 9.17) is 28.0 Å². The molecule has 1 atom stereocenters. The number of halogens is 2. The fourth-order valence-electron chi connectivity index (χ4n) is 3.41. The standard InChI is InChI=1S/C24H25Cl2N5O3S/c1-14-7-15(2)9-18(8-14)23(33)31(4)11-21(16(3)17-5-6-19(25)20(26)10-17)30-34-12-22(32)28-24-29-27-13-35-24/h5-10,13,16H,11-12H2,1-4H3,(H,28,29,32)/b30-21-. The second kappa shape index (κ2) is 12.1. The van der Waals surface area contributed by atoms with Crippen LogP contribution in [-0.4, -0.2) is 52.8 Å². The van der Waals surface area contributed by atoms with Crippen molar-refractivity contribution >= 4 is 57.2 Å². The van der Waals surface area contributed by atoms with Gasteiger partial charge in [0.05, 0.1) is 22.3 Å². The number of aryl methyl sites for hydroxylation is 2. The third-order valence-corrected chi connectivity index (χ3v) is 6.49. The predicted octanol–water partition coefficient (Wildman–Crippen LogP) is 5.35. The molecule has 0 aliphatic rings. The summed E-state index contributed by atoms with van der Waals surface area (Å²) in [6.45, 7) is 5.66. The zero-order valence-corrected chi connectivity index (χ0v) is 22.0. The molecule has 8 nitrogen and oxygen atoms in total. The Labute approximate surface area is 217 Å². The number of aromatic nitrogens is 2. The summed E-state index contributed by atoms with van der Waals surface area (Å²) in [5.74, 6) is -0.850. The summed E-state index contributed by atoms with van der Waals surface area (Å²) in [6.07, 6.45) is 0. The molecule has 1 unspecified atom stereocenters. The first-order chi connectivity index (χ1) is 16.6. The molecule has 0 saturated carbocycles. The summed E-state index contributed by atoms with van der Waals surface area (Å²) in [4.78, 5) is 32.2. The van der Waals surface area contributed by atoms with E-state index in [1.807, 2.05) is 45.0 Å².